The maximum absolute atomic E-state index is 12.6. The van der Waals surface area contributed by atoms with Gasteiger partial charge in [-0.05, 0) is 86.5 Å². The van der Waals surface area contributed by atoms with E-state index >= 15 is 0 Å². The second kappa shape index (κ2) is 6.31. The first-order chi connectivity index (χ1) is 13.3. The molecule has 7 atom stereocenters. The summed E-state index contributed by atoms with van der Waals surface area (Å²) in [6.45, 7) is 6.75. The lowest BCUT2D eigenvalue weighted by molar-refractivity contribution is -0.622. The monoisotopic (exact) mass is 381 g/mol. The summed E-state index contributed by atoms with van der Waals surface area (Å²) in [6, 6.07) is 6.01. The van der Waals surface area contributed by atoms with E-state index in [9.17, 15) is 10.0 Å². The lowest BCUT2D eigenvalue weighted by atomic mass is 9.44. The van der Waals surface area contributed by atoms with Crippen molar-refractivity contribution in [3.05, 3.63) is 34.8 Å². The number of rotatable bonds is 1. The number of pyridine rings is 1. The Kier molecular flexibility index (Phi) is 4.20. The molecule has 3 nitrogen and oxygen atoms in total. The minimum atomic E-state index is -0.0166. The molecule has 0 saturated heterocycles. The average Bonchev–Trinajstić information content (AvgIpc) is 2.98. The summed E-state index contributed by atoms with van der Waals surface area (Å²) in [4.78, 5) is 12.6. The van der Waals surface area contributed by atoms with E-state index in [2.05, 4.69) is 19.9 Å². The van der Waals surface area contributed by atoms with Crippen LogP contribution in [0.15, 0.2) is 18.2 Å². The first-order valence-corrected chi connectivity index (χ1v) is 11.6. The van der Waals surface area contributed by atoms with Crippen molar-refractivity contribution in [3.8, 4) is 0 Å². The lowest BCUT2D eigenvalue weighted by Crippen LogP contribution is -2.53. The summed E-state index contributed by atoms with van der Waals surface area (Å²) >= 11 is 0. The van der Waals surface area contributed by atoms with Crippen LogP contribution >= 0.6 is 0 Å². The summed E-state index contributed by atoms with van der Waals surface area (Å²) in [5.41, 5.74) is 2.19. The number of aryl methyl sites for hydroxylation is 1. The second-order valence-electron chi connectivity index (χ2n) is 10.9. The molecule has 4 fully saturated rings. The highest BCUT2D eigenvalue weighted by atomic mass is 16.5. The van der Waals surface area contributed by atoms with Crippen molar-refractivity contribution in [2.75, 3.05) is 0 Å². The summed E-state index contributed by atoms with van der Waals surface area (Å²) in [5.74, 6) is 3.86. The molecular formula is C25H35NO2. The van der Waals surface area contributed by atoms with E-state index < -0.39 is 0 Å². The summed E-state index contributed by atoms with van der Waals surface area (Å²) in [5, 5.41) is 12.6. The molecule has 0 N–H and O–H groups in total. The zero-order valence-corrected chi connectivity index (χ0v) is 17.7. The standard InChI is InChI=1S/C25H35NO2/c1-16-5-4-6-22(26(16)28)17-11-13-24(2)18(15-17)7-8-19-20-9-10-23(27)25(20,3)14-12-21(19)24/h4-6,17-21H,7-15H2,1-3H3/t17-,18-,19-,20-,21-,24-,25-/m0/s1. The molecule has 1 aromatic heterocycles. The highest BCUT2D eigenvalue weighted by molar-refractivity contribution is 5.87. The van der Waals surface area contributed by atoms with Crippen LogP contribution in [0.5, 0.6) is 0 Å². The van der Waals surface area contributed by atoms with Crippen molar-refractivity contribution < 1.29 is 9.52 Å². The van der Waals surface area contributed by atoms with Gasteiger partial charge in [0.05, 0.1) is 0 Å². The molecule has 0 radical (unpaired) electrons. The molecule has 0 spiro atoms. The van der Waals surface area contributed by atoms with Gasteiger partial charge in [-0.3, -0.25) is 4.79 Å². The fraction of sp³-hybridized carbons (Fsp3) is 0.760. The number of aromatic nitrogens is 1. The van der Waals surface area contributed by atoms with Gasteiger partial charge in [-0.2, -0.15) is 4.73 Å². The van der Waals surface area contributed by atoms with Crippen LogP contribution in [0.2, 0.25) is 0 Å². The van der Waals surface area contributed by atoms with Crippen LogP contribution in [0.25, 0.3) is 0 Å². The van der Waals surface area contributed by atoms with Crippen molar-refractivity contribution in [1.82, 2.24) is 0 Å². The highest BCUT2D eigenvalue weighted by Crippen LogP contribution is 2.66. The Morgan fingerprint density at radius 3 is 2.68 bits per heavy atom. The Balaban J connectivity index is 1.39. The summed E-state index contributed by atoms with van der Waals surface area (Å²) < 4.78 is 1.18. The number of carbonyl (C=O) groups excluding carboxylic acids is 1. The molecule has 3 heteroatoms. The zero-order valence-electron chi connectivity index (χ0n) is 17.7. The van der Waals surface area contributed by atoms with Crippen LogP contribution in [-0.4, -0.2) is 5.78 Å². The normalized spacial score (nSPS) is 45.2. The molecule has 0 aliphatic heterocycles. The van der Waals surface area contributed by atoms with Gasteiger partial charge in [0.1, 0.15) is 5.78 Å². The molecule has 152 valence electrons. The first kappa shape index (κ1) is 18.6. The SMILES string of the molecule is Cc1cccc([C@H]2CC[C@@]3(C)[C@@H](CC[C@@H]4[C@@H]3CC[C@]3(C)C(=O)CC[C@@H]43)C2)[n+]1[O-]. The van der Waals surface area contributed by atoms with Crippen molar-refractivity contribution in [2.45, 2.75) is 84.5 Å². The third kappa shape index (κ3) is 2.47. The highest BCUT2D eigenvalue weighted by Gasteiger charge is 2.60. The molecule has 1 heterocycles. The fourth-order valence-corrected chi connectivity index (χ4v) is 8.22. The molecule has 4 aliphatic carbocycles. The predicted molar refractivity (Wildman–Crippen MR) is 110 cm³/mol. The number of hydrogen-bond acceptors (Lipinski definition) is 2. The third-order valence-corrected chi connectivity index (χ3v) is 9.95. The van der Waals surface area contributed by atoms with E-state index in [0.29, 0.717) is 23.0 Å². The van der Waals surface area contributed by atoms with E-state index in [1.807, 2.05) is 19.1 Å². The van der Waals surface area contributed by atoms with Crippen molar-refractivity contribution in [1.29, 1.82) is 0 Å². The predicted octanol–water partition coefficient (Wildman–Crippen LogP) is 5.32. The van der Waals surface area contributed by atoms with Crippen LogP contribution in [0.1, 0.15) is 88.9 Å². The number of ketones is 1. The first-order valence-electron chi connectivity index (χ1n) is 11.6. The van der Waals surface area contributed by atoms with Crippen LogP contribution in [-0.2, 0) is 4.79 Å². The number of hydrogen-bond donors (Lipinski definition) is 0. The van der Waals surface area contributed by atoms with E-state index in [4.69, 9.17) is 0 Å². The van der Waals surface area contributed by atoms with Crippen LogP contribution in [0, 0.1) is 46.6 Å². The maximum Gasteiger partial charge on any atom is 0.196 e. The number of nitrogens with zero attached hydrogens (tertiary/aromatic N) is 1. The fourth-order valence-electron chi connectivity index (χ4n) is 8.22. The second-order valence-corrected chi connectivity index (χ2v) is 10.9. The quantitative estimate of drug-likeness (QED) is 0.488. The minimum absolute atomic E-state index is 0.0166. The van der Waals surface area contributed by atoms with Gasteiger partial charge in [0, 0.05) is 36.8 Å². The molecule has 0 aromatic carbocycles. The Labute approximate surface area is 169 Å². The molecule has 4 saturated carbocycles. The van der Waals surface area contributed by atoms with E-state index in [-0.39, 0.29) is 5.41 Å². The Morgan fingerprint density at radius 2 is 1.86 bits per heavy atom. The Hall–Kier alpha value is -1.38. The number of fused-ring (bicyclic) bond motifs is 5. The van der Waals surface area contributed by atoms with Gasteiger partial charge < -0.3 is 5.21 Å². The van der Waals surface area contributed by atoms with Gasteiger partial charge in [0.25, 0.3) is 0 Å². The molecule has 4 aliphatic rings. The van der Waals surface area contributed by atoms with Gasteiger partial charge in [0.2, 0.25) is 0 Å². The van der Waals surface area contributed by atoms with Gasteiger partial charge in [-0.25, -0.2) is 0 Å². The zero-order chi connectivity index (χ0) is 19.7. The van der Waals surface area contributed by atoms with Gasteiger partial charge in [0.15, 0.2) is 11.4 Å². The lowest BCUT2D eigenvalue weighted by Gasteiger charge is -2.60. The topological polar surface area (TPSA) is 44.0 Å². The number of carbonyl (C=O) groups is 1. The van der Waals surface area contributed by atoms with Crippen molar-refractivity contribution in [2.24, 2.45) is 34.5 Å². The van der Waals surface area contributed by atoms with E-state index in [1.165, 1.54) is 36.8 Å². The molecule has 0 amide bonds. The molecular weight excluding hydrogens is 346 g/mol. The van der Waals surface area contributed by atoms with Gasteiger partial charge in [-0.1, -0.05) is 13.8 Å². The molecule has 0 unspecified atom stereocenters. The molecule has 1 aromatic rings. The molecule has 5 rings (SSSR count). The smallest absolute Gasteiger partial charge is 0.196 e. The average molecular weight is 382 g/mol. The molecule has 0 bridgehead atoms. The molecule has 28 heavy (non-hydrogen) atoms. The maximum atomic E-state index is 12.6. The van der Waals surface area contributed by atoms with Gasteiger partial charge >= 0.3 is 0 Å². The van der Waals surface area contributed by atoms with E-state index in [0.717, 1.165) is 54.8 Å². The van der Waals surface area contributed by atoms with Gasteiger partial charge in [-0.15, -0.1) is 0 Å². The Bertz CT molecular complexity index is 804. The third-order valence-electron chi connectivity index (χ3n) is 9.95. The number of Topliss-reactive ketones (excluding diaryl/α,β-unsaturated/α-hetero) is 1. The van der Waals surface area contributed by atoms with Crippen LogP contribution in [0.4, 0.5) is 0 Å². The largest absolute Gasteiger partial charge is 0.618 e. The van der Waals surface area contributed by atoms with Crippen LogP contribution < -0.4 is 4.73 Å². The summed E-state index contributed by atoms with van der Waals surface area (Å²) in [7, 11) is 0. The van der Waals surface area contributed by atoms with Crippen molar-refractivity contribution in [3.63, 3.8) is 0 Å². The van der Waals surface area contributed by atoms with E-state index in [1.54, 1.807) is 0 Å². The Morgan fingerprint density at radius 1 is 1.04 bits per heavy atom. The van der Waals surface area contributed by atoms with Crippen LogP contribution in [0.3, 0.4) is 0 Å². The van der Waals surface area contributed by atoms with Crippen molar-refractivity contribution >= 4 is 5.78 Å². The summed E-state index contributed by atoms with van der Waals surface area (Å²) in [6.07, 6.45) is 10.5. The minimum Gasteiger partial charge on any atom is -0.618 e.